The highest BCUT2D eigenvalue weighted by atomic mass is 16.5. The summed E-state index contributed by atoms with van der Waals surface area (Å²) in [5.41, 5.74) is 1.96. The Morgan fingerprint density at radius 1 is 1.15 bits per heavy atom. The van der Waals surface area contributed by atoms with E-state index in [1.807, 2.05) is 48.1 Å². The second-order valence-electron chi connectivity index (χ2n) is 8.45. The summed E-state index contributed by atoms with van der Waals surface area (Å²) in [7, 11) is 0. The van der Waals surface area contributed by atoms with Gasteiger partial charge in [-0.3, -0.25) is 14.7 Å². The molecule has 170 valence electrons. The summed E-state index contributed by atoms with van der Waals surface area (Å²) in [6.07, 6.45) is 5.08. The number of pyridine rings is 1. The zero-order valence-electron chi connectivity index (χ0n) is 18.4. The minimum absolute atomic E-state index is 0.118. The molecule has 3 N–H and O–H groups in total. The molecule has 33 heavy (non-hydrogen) atoms. The largest absolute Gasteiger partial charge is 0.492 e. The summed E-state index contributed by atoms with van der Waals surface area (Å²) in [5.74, 6) is 0.0742. The molecule has 1 aliphatic carbocycles. The molecule has 0 aliphatic heterocycles. The number of hydrogen-bond acceptors (Lipinski definition) is 5. The molecule has 8 nitrogen and oxygen atoms in total. The van der Waals surface area contributed by atoms with E-state index in [9.17, 15) is 15.1 Å². The van der Waals surface area contributed by atoms with Gasteiger partial charge in [-0.2, -0.15) is 5.10 Å². The average molecular weight is 448 g/mol. The number of para-hydroxylation sites is 1. The Kier molecular flexibility index (Phi) is 5.60. The number of aromatic nitrogens is 3. The lowest BCUT2D eigenvalue weighted by molar-refractivity contribution is -0.885. The van der Waals surface area contributed by atoms with E-state index in [0.717, 1.165) is 46.7 Å². The summed E-state index contributed by atoms with van der Waals surface area (Å²) < 4.78 is 8.65. The lowest BCUT2D eigenvalue weighted by Crippen LogP contribution is -2.40. The summed E-state index contributed by atoms with van der Waals surface area (Å²) in [6, 6.07) is 14.6. The van der Waals surface area contributed by atoms with Crippen molar-refractivity contribution in [3.63, 3.8) is 0 Å². The second kappa shape index (κ2) is 8.71. The van der Waals surface area contributed by atoms with E-state index in [1.54, 1.807) is 18.2 Å². The van der Waals surface area contributed by atoms with Crippen molar-refractivity contribution in [2.24, 2.45) is 0 Å². The number of benzene rings is 2. The third-order valence-corrected chi connectivity index (χ3v) is 6.26. The van der Waals surface area contributed by atoms with Crippen LogP contribution in [0.25, 0.3) is 21.8 Å². The molecule has 0 saturated heterocycles. The van der Waals surface area contributed by atoms with Gasteiger partial charge >= 0.3 is 11.6 Å². The molecule has 0 bridgehead atoms. The van der Waals surface area contributed by atoms with E-state index >= 15 is 0 Å². The average Bonchev–Trinajstić information content (AvgIpc) is 3.23. The zero-order chi connectivity index (χ0) is 22.9. The van der Waals surface area contributed by atoms with Gasteiger partial charge < -0.3 is 15.2 Å². The lowest BCUT2D eigenvalue weighted by Gasteiger charge is -2.25. The van der Waals surface area contributed by atoms with E-state index < -0.39 is 5.91 Å². The topological polar surface area (TPSA) is 100 Å². The van der Waals surface area contributed by atoms with Crippen molar-refractivity contribution in [2.45, 2.75) is 44.8 Å². The van der Waals surface area contributed by atoms with Gasteiger partial charge in [0.1, 0.15) is 5.75 Å². The highest BCUT2D eigenvalue weighted by Crippen LogP contribution is 2.33. The number of aliphatic hydroxyl groups is 1. The van der Waals surface area contributed by atoms with Crippen LogP contribution in [0.1, 0.15) is 49.1 Å². The number of carbonyl (C=O) groups excluding carboxylic acids is 1. The van der Waals surface area contributed by atoms with E-state index in [2.05, 4.69) is 5.32 Å². The first kappa shape index (κ1) is 21.2. The van der Waals surface area contributed by atoms with Gasteiger partial charge in [0.25, 0.3) is 5.52 Å². The Labute approximate surface area is 191 Å². The van der Waals surface area contributed by atoms with Crippen LogP contribution in [0.3, 0.4) is 0 Å². The minimum atomic E-state index is -0.447. The number of amides is 1. The van der Waals surface area contributed by atoms with E-state index in [-0.39, 0.29) is 17.8 Å². The van der Waals surface area contributed by atoms with Gasteiger partial charge in [0.2, 0.25) is 0 Å². The number of hydrogen-bond donors (Lipinski definition) is 3. The molecular weight excluding hydrogens is 420 g/mol. The van der Waals surface area contributed by atoms with Crippen LogP contribution < -0.4 is 14.8 Å². The van der Waals surface area contributed by atoms with Crippen molar-refractivity contribution in [2.75, 3.05) is 11.9 Å². The van der Waals surface area contributed by atoms with Crippen molar-refractivity contribution in [3.05, 3.63) is 60.4 Å². The molecule has 2 aromatic heterocycles. The van der Waals surface area contributed by atoms with Crippen LogP contribution in [-0.4, -0.2) is 38.7 Å². The number of rotatable bonds is 5. The quantitative estimate of drug-likeness (QED) is 0.319. The Balaban J connectivity index is 1.47. The summed E-state index contributed by atoms with van der Waals surface area (Å²) >= 11 is 0. The summed E-state index contributed by atoms with van der Waals surface area (Å²) in [6.45, 7) is 2.32. The highest BCUT2D eigenvalue weighted by Gasteiger charge is 2.25. The Hall–Kier alpha value is -3.65. The fraction of sp³-hybridized carbons (Fsp3) is 0.320. The molecule has 8 heteroatoms. The molecule has 4 aromatic rings. The molecule has 5 rings (SSSR count). The van der Waals surface area contributed by atoms with Crippen molar-refractivity contribution in [1.82, 2.24) is 9.78 Å². The Morgan fingerprint density at radius 2 is 1.94 bits per heavy atom. The molecule has 2 aromatic carbocycles. The predicted octanol–water partition coefficient (Wildman–Crippen LogP) is 3.84. The third-order valence-electron chi connectivity index (χ3n) is 6.26. The van der Waals surface area contributed by atoms with E-state index in [4.69, 9.17) is 9.84 Å². The fourth-order valence-corrected chi connectivity index (χ4v) is 4.50. The van der Waals surface area contributed by atoms with Gasteiger partial charge in [-0.1, -0.05) is 12.1 Å². The van der Waals surface area contributed by atoms with Crippen LogP contribution in [0.5, 0.6) is 5.75 Å². The summed E-state index contributed by atoms with van der Waals surface area (Å²) in [4.78, 5) is 13.1. The lowest BCUT2D eigenvalue weighted by atomic mass is 9.93. The normalized spacial score (nSPS) is 18.5. The van der Waals surface area contributed by atoms with Crippen molar-refractivity contribution >= 4 is 33.4 Å². The third kappa shape index (κ3) is 4.09. The maximum Gasteiger partial charge on any atom is 0.325 e. The molecular formula is C25H27N4O4+. The van der Waals surface area contributed by atoms with Crippen molar-refractivity contribution in [1.29, 1.82) is 0 Å². The number of ether oxygens (including phenoxy) is 1. The van der Waals surface area contributed by atoms with Crippen LogP contribution in [-0.2, 0) is 0 Å². The molecule has 0 unspecified atom stereocenters. The first-order valence-corrected chi connectivity index (χ1v) is 11.3. The van der Waals surface area contributed by atoms with Gasteiger partial charge in [-0.15, -0.1) is 0 Å². The monoisotopic (exact) mass is 447 g/mol. The number of aliphatic hydroxyl groups excluding tert-OH is 1. The SMILES string of the molecule is CCOc1cc2nn(C3CCC(O)CC3)cc2cc1NC(=O)c1ccc2ccccc2[n+]1O. The highest BCUT2D eigenvalue weighted by molar-refractivity contribution is 6.04. The number of carbonyl (C=O) groups is 1. The van der Waals surface area contributed by atoms with E-state index in [0.29, 0.717) is 23.6 Å². The maximum absolute atomic E-state index is 13.1. The standard InChI is InChI=1S/C25H26N4O4/c1-2-33-24-14-20-17(15-28(27-20)18-8-10-19(30)11-9-18)13-21(24)26-25(31)23-12-7-16-5-3-4-6-22(16)29(23)32/h3-7,12-15,18-19,30H,2,8-11H2,1H3,(H-,26,31,32)/p+1. The minimum Gasteiger partial charge on any atom is -0.492 e. The smallest absolute Gasteiger partial charge is 0.325 e. The molecule has 1 saturated carbocycles. The molecule has 1 aliphatic rings. The molecule has 2 heterocycles. The molecule has 1 fully saturated rings. The fourth-order valence-electron chi connectivity index (χ4n) is 4.50. The van der Waals surface area contributed by atoms with Gasteiger partial charge in [-0.05, 0) is 50.8 Å². The van der Waals surface area contributed by atoms with Crippen LogP contribution in [0, 0.1) is 0 Å². The molecule has 0 radical (unpaired) electrons. The molecule has 0 atom stereocenters. The summed E-state index contributed by atoms with van der Waals surface area (Å²) in [5, 5.41) is 29.7. The van der Waals surface area contributed by atoms with Crippen molar-refractivity contribution < 1.29 is 24.6 Å². The number of anilines is 1. The van der Waals surface area contributed by atoms with Crippen molar-refractivity contribution in [3.8, 4) is 5.75 Å². The van der Waals surface area contributed by atoms with Gasteiger partial charge in [0.15, 0.2) is 0 Å². The van der Waals surface area contributed by atoms with Crippen LogP contribution in [0.15, 0.2) is 54.7 Å². The molecule has 1 amide bonds. The first-order chi connectivity index (χ1) is 16.0. The van der Waals surface area contributed by atoms with Crippen LogP contribution >= 0.6 is 0 Å². The van der Waals surface area contributed by atoms with Crippen LogP contribution in [0.2, 0.25) is 0 Å². The van der Waals surface area contributed by atoms with Crippen LogP contribution in [0.4, 0.5) is 5.69 Å². The predicted molar refractivity (Wildman–Crippen MR) is 124 cm³/mol. The zero-order valence-corrected chi connectivity index (χ0v) is 18.4. The van der Waals surface area contributed by atoms with E-state index in [1.165, 1.54) is 0 Å². The second-order valence-corrected chi connectivity index (χ2v) is 8.45. The number of nitrogens with zero attached hydrogens (tertiary/aromatic N) is 3. The Morgan fingerprint density at radius 3 is 2.73 bits per heavy atom. The Bertz CT molecular complexity index is 1320. The number of fused-ring (bicyclic) bond motifs is 2. The van der Waals surface area contributed by atoms with Gasteiger partial charge in [-0.25, -0.2) is 0 Å². The maximum atomic E-state index is 13.1. The van der Waals surface area contributed by atoms with Gasteiger partial charge in [0.05, 0.1) is 35.3 Å². The molecule has 0 spiro atoms. The first-order valence-electron chi connectivity index (χ1n) is 11.3. The van der Waals surface area contributed by atoms with Gasteiger partial charge in [0, 0.05) is 34.5 Å². The number of nitrogens with one attached hydrogen (secondary N) is 1.